The molecule has 2 aromatic rings. The quantitative estimate of drug-likeness (QED) is 0.852. The van der Waals surface area contributed by atoms with E-state index >= 15 is 0 Å². The number of hydrogen-bond acceptors (Lipinski definition) is 4. The van der Waals surface area contributed by atoms with E-state index in [0.29, 0.717) is 29.2 Å². The second kappa shape index (κ2) is 6.58. The van der Waals surface area contributed by atoms with Crippen molar-refractivity contribution >= 4 is 0 Å². The summed E-state index contributed by atoms with van der Waals surface area (Å²) < 4.78 is 3.16. The Kier molecular flexibility index (Phi) is 5.02. The van der Waals surface area contributed by atoms with Crippen LogP contribution in [0.15, 0.2) is 15.8 Å². The molecule has 0 fully saturated rings. The highest BCUT2D eigenvalue weighted by Gasteiger charge is 2.30. The van der Waals surface area contributed by atoms with Crippen molar-refractivity contribution in [3.63, 3.8) is 0 Å². The Balaban J connectivity index is 2.54. The lowest BCUT2D eigenvalue weighted by atomic mass is 9.80. The highest BCUT2D eigenvalue weighted by molar-refractivity contribution is 5.27. The molecule has 0 spiro atoms. The zero-order chi connectivity index (χ0) is 19.1. The minimum absolute atomic E-state index is 0.0255. The van der Waals surface area contributed by atoms with Crippen LogP contribution in [0, 0.1) is 13.8 Å². The fourth-order valence-electron chi connectivity index (χ4n) is 3.26. The SMILES string of the molecule is Cc1nc(C)n(C)c(=O)c1C(C)(C)Cc1ncc(C(C)C)c(=O)n1C. The van der Waals surface area contributed by atoms with E-state index in [1.54, 1.807) is 29.4 Å². The lowest BCUT2D eigenvalue weighted by Crippen LogP contribution is -2.37. The molecule has 0 aliphatic heterocycles. The fourth-order valence-corrected chi connectivity index (χ4v) is 3.26. The number of rotatable bonds is 4. The summed E-state index contributed by atoms with van der Waals surface area (Å²) in [5.41, 5.74) is 1.54. The van der Waals surface area contributed by atoms with E-state index in [1.165, 1.54) is 0 Å². The maximum absolute atomic E-state index is 12.8. The van der Waals surface area contributed by atoms with Gasteiger partial charge in [0.2, 0.25) is 0 Å². The Morgan fingerprint density at radius 2 is 1.68 bits per heavy atom. The molecule has 25 heavy (non-hydrogen) atoms. The van der Waals surface area contributed by atoms with E-state index in [-0.39, 0.29) is 17.0 Å². The van der Waals surface area contributed by atoms with Crippen molar-refractivity contribution in [2.75, 3.05) is 0 Å². The normalized spacial score (nSPS) is 12.0. The second-order valence-corrected chi connectivity index (χ2v) is 7.69. The smallest absolute Gasteiger partial charge is 0.257 e. The van der Waals surface area contributed by atoms with Gasteiger partial charge in [0.05, 0.1) is 0 Å². The van der Waals surface area contributed by atoms with Crippen LogP contribution in [-0.4, -0.2) is 19.1 Å². The Morgan fingerprint density at radius 3 is 2.24 bits per heavy atom. The van der Waals surface area contributed by atoms with Crippen molar-refractivity contribution in [3.05, 3.63) is 55.4 Å². The van der Waals surface area contributed by atoms with E-state index in [0.717, 1.165) is 5.69 Å². The van der Waals surface area contributed by atoms with Gasteiger partial charge in [-0.25, -0.2) is 9.97 Å². The van der Waals surface area contributed by atoms with Gasteiger partial charge in [-0.3, -0.25) is 18.7 Å². The van der Waals surface area contributed by atoms with Crippen LogP contribution in [0.3, 0.4) is 0 Å². The molecule has 0 amide bonds. The summed E-state index contributed by atoms with van der Waals surface area (Å²) in [5.74, 6) is 1.49. The average molecular weight is 344 g/mol. The summed E-state index contributed by atoms with van der Waals surface area (Å²) >= 11 is 0. The Morgan fingerprint density at radius 1 is 1.08 bits per heavy atom. The molecular weight excluding hydrogens is 316 g/mol. The number of hydrogen-bond donors (Lipinski definition) is 0. The zero-order valence-corrected chi connectivity index (χ0v) is 16.5. The topological polar surface area (TPSA) is 69.8 Å². The molecular formula is C19H28N4O2. The molecule has 0 aliphatic rings. The average Bonchev–Trinajstić information content (AvgIpc) is 2.49. The van der Waals surface area contributed by atoms with Crippen LogP contribution in [-0.2, 0) is 25.9 Å². The molecule has 6 heteroatoms. The van der Waals surface area contributed by atoms with Gasteiger partial charge in [0.15, 0.2) is 0 Å². The summed E-state index contributed by atoms with van der Waals surface area (Å²) in [5, 5.41) is 0. The number of aromatic nitrogens is 4. The van der Waals surface area contributed by atoms with Crippen molar-refractivity contribution < 1.29 is 0 Å². The van der Waals surface area contributed by atoms with Gasteiger partial charge in [0.1, 0.15) is 11.6 Å². The molecule has 0 saturated carbocycles. The van der Waals surface area contributed by atoms with Gasteiger partial charge >= 0.3 is 0 Å². The van der Waals surface area contributed by atoms with Crippen molar-refractivity contribution in [2.45, 2.75) is 59.3 Å². The van der Waals surface area contributed by atoms with Gasteiger partial charge in [-0.2, -0.15) is 0 Å². The first-order valence-corrected chi connectivity index (χ1v) is 8.57. The molecule has 0 bridgehead atoms. The summed E-state index contributed by atoms with van der Waals surface area (Å²) in [6.07, 6.45) is 2.15. The second-order valence-electron chi connectivity index (χ2n) is 7.69. The van der Waals surface area contributed by atoms with E-state index in [4.69, 9.17) is 0 Å². The Bertz CT molecular complexity index is 920. The van der Waals surface area contributed by atoms with Crippen molar-refractivity contribution in [1.29, 1.82) is 0 Å². The molecule has 6 nitrogen and oxygen atoms in total. The first kappa shape index (κ1) is 19.1. The van der Waals surface area contributed by atoms with Crippen molar-refractivity contribution in [2.24, 2.45) is 14.1 Å². The largest absolute Gasteiger partial charge is 0.300 e. The van der Waals surface area contributed by atoms with Gasteiger partial charge in [-0.15, -0.1) is 0 Å². The molecule has 0 atom stereocenters. The first-order valence-electron chi connectivity index (χ1n) is 8.57. The molecule has 0 radical (unpaired) electrons. The molecule has 0 N–H and O–H groups in total. The fraction of sp³-hybridized carbons (Fsp3) is 0.579. The monoisotopic (exact) mass is 344 g/mol. The number of aryl methyl sites for hydroxylation is 2. The molecule has 2 rings (SSSR count). The third kappa shape index (κ3) is 3.43. The summed E-state index contributed by atoms with van der Waals surface area (Å²) in [4.78, 5) is 34.3. The van der Waals surface area contributed by atoms with Crippen LogP contribution in [0.2, 0.25) is 0 Å². The molecule has 136 valence electrons. The van der Waals surface area contributed by atoms with Crippen molar-refractivity contribution in [1.82, 2.24) is 19.1 Å². The van der Waals surface area contributed by atoms with E-state index in [9.17, 15) is 9.59 Å². The number of nitrogens with zero attached hydrogens (tertiary/aromatic N) is 4. The third-order valence-electron chi connectivity index (χ3n) is 4.89. The summed E-state index contributed by atoms with van der Waals surface area (Å²) in [7, 11) is 3.47. The molecule has 0 aromatic carbocycles. The van der Waals surface area contributed by atoms with Gasteiger partial charge in [0.25, 0.3) is 11.1 Å². The molecule has 2 aromatic heterocycles. The van der Waals surface area contributed by atoms with Crippen LogP contribution < -0.4 is 11.1 Å². The van der Waals surface area contributed by atoms with Crippen LogP contribution in [0.5, 0.6) is 0 Å². The highest BCUT2D eigenvalue weighted by atomic mass is 16.1. The Labute approximate surface area is 148 Å². The van der Waals surface area contributed by atoms with Gasteiger partial charge in [-0.1, -0.05) is 27.7 Å². The van der Waals surface area contributed by atoms with Crippen LogP contribution >= 0.6 is 0 Å². The molecule has 0 saturated heterocycles. The van der Waals surface area contributed by atoms with Crippen LogP contribution in [0.4, 0.5) is 0 Å². The summed E-state index contributed by atoms with van der Waals surface area (Å²) in [6.45, 7) is 11.6. The minimum atomic E-state index is -0.490. The van der Waals surface area contributed by atoms with Crippen LogP contribution in [0.1, 0.15) is 62.1 Å². The highest BCUT2D eigenvalue weighted by Crippen LogP contribution is 2.26. The molecule has 0 aliphatic carbocycles. The van der Waals surface area contributed by atoms with E-state index < -0.39 is 5.41 Å². The third-order valence-corrected chi connectivity index (χ3v) is 4.89. The zero-order valence-electron chi connectivity index (χ0n) is 16.5. The van der Waals surface area contributed by atoms with Crippen LogP contribution in [0.25, 0.3) is 0 Å². The maximum Gasteiger partial charge on any atom is 0.257 e. The van der Waals surface area contributed by atoms with Gasteiger partial charge in [-0.05, 0) is 19.8 Å². The maximum atomic E-state index is 12.8. The predicted octanol–water partition coefficient (Wildman–Crippen LogP) is 2.13. The van der Waals surface area contributed by atoms with Gasteiger partial charge < -0.3 is 0 Å². The summed E-state index contributed by atoms with van der Waals surface area (Å²) in [6, 6.07) is 0. The molecule has 0 unspecified atom stereocenters. The first-order chi connectivity index (χ1) is 11.5. The predicted molar refractivity (Wildman–Crippen MR) is 99.2 cm³/mol. The standard InChI is InChI=1S/C19H28N4O2/c1-11(2)14-10-20-15(23(8)17(14)24)9-19(5,6)16-12(3)21-13(4)22(7)18(16)25/h10-11H,9H2,1-8H3. The molecule has 2 heterocycles. The minimum Gasteiger partial charge on any atom is -0.300 e. The van der Waals surface area contributed by atoms with Gasteiger partial charge in [0, 0.05) is 48.9 Å². The lowest BCUT2D eigenvalue weighted by molar-refractivity contribution is 0.472. The van der Waals surface area contributed by atoms with E-state index in [1.807, 2.05) is 41.5 Å². The Hall–Kier alpha value is -2.24. The lowest BCUT2D eigenvalue weighted by Gasteiger charge is -2.27. The van der Waals surface area contributed by atoms with Crippen molar-refractivity contribution in [3.8, 4) is 0 Å². The van der Waals surface area contributed by atoms with E-state index in [2.05, 4.69) is 9.97 Å².